The lowest BCUT2D eigenvalue weighted by atomic mass is 9.91. The summed E-state index contributed by atoms with van der Waals surface area (Å²) in [5.41, 5.74) is 3.20. The second kappa shape index (κ2) is 11.1. The van der Waals surface area contributed by atoms with E-state index in [9.17, 15) is 5.11 Å². The van der Waals surface area contributed by atoms with Gasteiger partial charge >= 0.3 is 0 Å². The Balaban J connectivity index is 1.18. The Morgan fingerprint density at radius 1 is 1.24 bits per heavy atom. The van der Waals surface area contributed by atoms with Gasteiger partial charge in [-0.05, 0) is 56.2 Å². The Labute approximate surface area is 227 Å². The van der Waals surface area contributed by atoms with Crippen LogP contribution in [0.5, 0.6) is 5.88 Å². The summed E-state index contributed by atoms with van der Waals surface area (Å²) in [5.74, 6) is 1.19. The van der Waals surface area contributed by atoms with E-state index >= 15 is 0 Å². The van der Waals surface area contributed by atoms with Gasteiger partial charge in [-0.2, -0.15) is 0 Å². The van der Waals surface area contributed by atoms with Gasteiger partial charge in [0.1, 0.15) is 24.3 Å². The van der Waals surface area contributed by atoms with Crippen molar-refractivity contribution >= 4 is 22.6 Å². The number of benzene rings is 1. The van der Waals surface area contributed by atoms with Crippen molar-refractivity contribution < 1.29 is 19.3 Å². The molecule has 4 heterocycles. The topological polar surface area (TPSA) is 89.0 Å². The zero-order chi connectivity index (χ0) is 26.1. The first-order chi connectivity index (χ1) is 18.6. The third kappa shape index (κ3) is 5.06. The Bertz CT molecular complexity index is 1290. The highest BCUT2D eigenvalue weighted by molar-refractivity contribution is 6.32. The van der Waals surface area contributed by atoms with E-state index in [1.54, 1.807) is 38.2 Å². The van der Waals surface area contributed by atoms with Crippen LogP contribution in [0.1, 0.15) is 50.2 Å². The molecule has 2 N–H and O–H groups in total. The van der Waals surface area contributed by atoms with Gasteiger partial charge in [0.05, 0.1) is 31.0 Å². The monoisotopic (exact) mass is 536 g/mol. The van der Waals surface area contributed by atoms with Crippen LogP contribution < -0.4 is 10.1 Å². The quantitative estimate of drug-likeness (QED) is 0.492. The molecule has 1 aromatic carbocycles. The summed E-state index contributed by atoms with van der Waals surface area (Å²) >= 11 is 6.59. The fourth-order valence-electron chi connectivity index (χ4n) is 6.35. The van der Waals surface area contributed by atoms with Crippen molar-refractivity contribution in [2.75, 3.05) is 13.7 Å². The van der Waals surface area contributed by atoms with Crippen molar-refractivity contribution in [2.45, 2.75) is 68.8 Å². The average molecular weight is 537 g/mol. The molecule has 9 heteroatoms. The van der Waals surface area contributed by atoms with Gasteiger partial charge in [0.2, 0.25) is 5.88 Å². The summed E-state index contributed by atoms with van der Waals surface area (Å²) in [6.45, 7) is 0.506. The Kier molecular flexibility index (Phi) is 7.39. The molecule has 4 atom stereocenters. The third-order valence-electron chi connectivity index (χ3n) is 8.12. The van der Waals surface area contributed by atoms with E-state index in [0.717, 1.165) is 44.3 Å². The largest absolute Gasteiger partial charge is 0.480 e. The molecule has 0 radical (unpaired) electrons. The normalized spacial score (nSPS) is 26.3. The molecule has 0 amide bonds. The Hall–Kier alpha value is -2.91. The molecule has 38 heavy (non-hydrogen) atoms. The molecule has 1 aromatic heterocycles. The van der Waals surface area contributed by atoms with Crippen LogP contribution in [0.4, 0.5) is 0 Å². The number of fused-ring (bicyclic) bond motifs is 3. The van der Waals surface area contributed by atoms with E-state index in [4.69, 9.17) is 25.8 Å². The minimum atomic E-state index is -0.781. The van der Waals surface area contributed by atoms with E-state index in [1.807, 2.05) is 6.07 Å². The predicted octanol–water partition coefficient (Wildman–Crippen LogP) is 4.91. The molecular weight excluding hydrogens is 504 g/mol. The predicted molar refractivity (Wildman–Crippen MR) is 145 cm³/mol. The van der Waals surface area contributed by atoms with Crippen LogP contribution in [0.15, 0.2) is 66.7 Å². The maximum Gasteiger partial charge on any atom is 0.232 e. The van der Waals surface area contributed by atoms with Crippen LogP contribution in [-0.2, 0) is 9.47 Å². The molecule has 200 valence electrons. The number of methoxy groups -OCH3 is 1. The standard InChI is InChI=1S/C29H33ClN4O4/c1-36-26-15-31-23-10-9-22(30)27(29(23)33-26)24(35)16-34-20-7-8-21(34)14-19(13-20)32-28(18-5-3-2-4-6-18)25-17-37-11-12-38-25/h2-3,5,9-12,15,17,19-21,24,28,32,35H,4,6-8,13-14,16H2,1H3. The number of aliphatic hydroxyl groups is 1. The molecule has 0 saturated carbocycles. The summed E-state index contributed by atoms with van der Waals surface area (Å²) < 4.78 is 16.6. The van der Waals surface area contributed by atoms with E-state index < -0.39 is 6.10 Å². The molecule has 6 rings (SSSR count). The number of piperidine rings is 1. The number of ether oxygens (including phenoxy) is 3. The summed E-state index contributed by atoms with van der Waals surface area (Å²) in [4.78, 5) is 11.4. The molecule has 4 unspecified atom stereocenters. The summed E-state index contributed by atoms with van der Waals surface area (Å²) in [6, 6.07) is 4.69. The van der Waals surface area contributed by atoms with Crippen LogP contribution in [0.2, 0.25) is 5.02 Å². The van der Waals surface area contributed by atoms with E-state index in [-0.39, 0.29) is 6.04 Å². The number of nitrogens with zero attached hydrogens (tertiary/aromatic N) is 3. The van der Waals surface area contributed by atoms with Gasteiger partial charge in [0, 0.05) is 35.3 Å². The molecule has 3 aliphatic heterocycles. The summed E-state index contributed by atoms with van der Waals surface area (Å²) in [7, 11) is 1.55. The number of hydrogen-bond donors (Lipinski definition) is 2. The van der Waals surface area contributed by atoms with Crippen molar-refractivity contribution in [3.8, 4) is 5.88 Å². The Morgan fingerprint density at radius 3 is 2.79 bits per heavy atom. The first kappa shape index (κ1) is 25.4. The van der Waals surface area contributed by atoms with Crippen molar-refractivity contribution in [2.24, 2.45) is 0 Å². The first-order valence-corrected chi connectivity index (χ1v) is 13.7. The molecule has 0 spiro atoms. The lowest BCUT2D eigenvalue weighted by molar-refractivity contribution is 0.0508. The highest BCUT2D eigenvalue weighted by atomic mass is 35.5. The zero-order valence-electron chi connectivity index (χ0n) is 21.4. The fourth-order valence-corrected chi connectivity index (χ4v) is 6.63. The van der Waals surface area contributed by atoms with Gasteiger partial charge in [-0.15, -0.1) is 0 Å². The molecule has 2 fully saturated rings. The van der Waals surface area contributed by atoms with Crippen molar-refractivity contribution in [3.63, 3.8) is 0 Å². The summed E-state index contributed by atoms with van der Waals surface area (Å²) in [6.07, 6.45) is 18.4. The van der Waals surface area contributed by atoms with Crippen molar-refractivity contribution in [1.82, 2.24) is 20.2 Å². The minimum Gasteiger partial charge on any atom is -0.480 e. The lowest BCUT2D eigenvalue weighted by Crippen LogP contribution is -2.53. The maximum absolute atomic E-state index is 11.4. The number of aliphatic hydroxyl groups excluding tert-OH is 1. The second-order valence-electron chi connectivity index (χ2n) is 10.4. The molecule has 2 bridgehead atoms. The lowest BCUT2D eigenvalue weighted by Gasteiger charge is -2.42. The third-order valence-corrected chi connectivity index (χ3v) is 8.44. The minimum absolute atomic E-state index is 0.0190. The van der Waals surface area contributed by atoms with Gasteiger partial charge in [0.25, 0.3) is 0 Å². The van der Waals surface area contributed by atoms with Crippen LogP contribution in [0.3, 0.4) is 0 Å². The van der Waals surface area contributed by atoms with Crippen molar-refractivity contribution in [1.29, 1.82) is 0 Å². The molecule has 2 aromatic rings. The fraction of sp³-hybridized carbons (Fsp3) is 0.448. The van der Waals surface area contributed by atoms with E-state index in [0.29, 0.717) is 52.2 Å². The number of hydrogen-bond acceptors (Lipinski definition) is 8. The number of allylic oxidation sites excluding steroid dienone is 3. The van der Waals surface area contributed by atoms with Gasteiger partial charge in [-0.1, -0.05) is 29.8 Å². The van der Waals surface area contributed by atoms with Crippen LogP contribution in [0.25, 0.3) is 11.0 Å². The van der Waals surface area contributed by atoms with Crippen molar-refractivity contribution in [3.05, 3.63) is 77.3 Å². The SMILES string of the molecule is COc1cnc2ccc(Cl)c(C(O)CN3C4CCC3CC(NC(C3=CC=CCC3)C3=COC=CO3)C4)c2n1. The van der Waals surface area contributed by atoms with Gasteiger partial charge in [0.15, 0.2) is 5.76 Å². The van der Waals surface area contributed by atoms with Gasteiger partial charge < -0.3 is 24.6 Å². The van der Waals surface area contributed by atoms with Gasteiger partial charge in [-0.25, -0.2) is 9.97 Å². The van der Waals surface area contributed by atoms with E-state index in [2.05, 4.69) is 38.4 Å². The van der Waals surface area contributed by atoms with E-state index in [1.165, 1.54) is 5.57 Å². The van der Waals surface area contributed by atoms with Crippen LogP contribution >= 0.6 is 11.6 Å². The smallest absolute Gasteiger partial charge is 0.232 e. The number of halogens is 1. The van der Waals surface area contributed by atoms with Crippen LogP contribution in [0, 0.1) is 0 Å². The average Bonchev–Trinajstić information content (AvgIpc) is 3.18. The maximum atomic E-state index is 11.4. The number of aromatic nitrogens is 2. The van der Waals surface area contributed by atoms with Gasteiger partial charge in [-0.3, -0.25) is 4.90 Å². The molecule has 4 aliphatic rings. The Morgan fingerprint density at radius 2 is 2.08 bits per heavy atom. The highest BCUT2D eigenvalue weighted by Gasteiger charge is 2.42. The molecule has 8 nitrogen and oxygen atoms in total. The molecule has 2 saturated heterocycles. The zero-order valence-corrected chi connectivity index (χ0v) is 22.2. The number of rotatable bonds is 8. The highest BCUT2D eigenvalue weighted by Crippen LogP contribution is 2.39. The van der Waals surface area contributed by atoms with Crippen LogP contribution in [-0.4, -0.2) is 57.8 Å². The second-order valence-corrected chi connectivity index (χ2v) is 10.8. The molecular formula is C29H33ClN4O4. The first-order valence-electron chi connectivity index (χ1n) is 13.3. The summed E-state index contributed by atoms with van der Waals surface area (Å²) in [5, 5.41) is 15.8. The molecule has 1 aliphatic carbocycles. The number of nitrogens with one attached hydrogen (secondary N) is 1.